The molecule has 0 aromatic heterocycles. The first-order valence-corrected chi connectivity index (χ1v) is 7.39. The third-order valence-electron chi connectivity index (χ3n) is 3.94. The van der Waals surface area contributed by atoms with Crippen molar-refractivity contribution in [3.8, 4) is 5.75 Å². The molecule has 0 spiro atoms. The van der Waals surface area contributed by atoms with Crippen LogP contribution in [-0.4, -0.2) is 5.11 Å². The Kier molecular flexibility index (Phi) is 4.12. The Morgan fingerprint density at radius 2 is 1.55 bits per heavy atom. The van der Waals surface area contributed by atoms with Gasteiger partial charge in [0.15, 0.2) is 0 Å². The standard InChI is InChI=1S/C18H18F2O2/c19-18(20,16-7-8-16)15-5-1-14(2-6-15)12-22-17-9-3-13(11-21)4-10-17/h1-6,9-10,16,21H,7-8,11-12H2. The summed E-state index contributed by atoms with van der Waals surface area (Å²) in [7, 11) is 0. The molecule has 0 saturated heterocycles. The Balaban J connectivity index is 1.61. The van der Waals surface area contributed by atoms with E-state index in [9.17, 15) is 8.78 Å². The fraction of sp³-hybridized carbons (Fsp3) is 0.333. The van der Waals surface area contributed by atoms with E-state index in [1.54, 1.807) is 36.4 Å². The zero-order valence-electron chi connectivity index (χ0n) is 12.1. The number of benzene rings is 2. The maximum atomic E-state index is 13.9. The van der Waals surface area contributed by atoms with Crippen LogP contribution in [0, 0.1) is 5.92 Å². The predicted molar refractivity (Wildman–Crippen MR) is 79.8 cm³/mol. The van der Waals surface area contributed by atoms with E-state index >= 15 is 0 Å². The Hall–Kier alpha value is -1.94. The Labute approximate surface area is 128 Å². The molecule has 22 heavy (non-hydrogen) atoms. The normalized spacial score (nSPS) is 14.9. The van der Waals surface area contributed by atoms with Crippen molar-refractivity contribution in [3.05, 3.63) is 65.2 Å². The molecule has 1 aliphatic rings. The minimum atomic E-state index is -2.71. The summed E-state index contributed by atoms with van der Waals surface area (Å²) in [5, 5.41) is 8.97. The number of aliphatic hydroxyl groups excluding tert-OH is 1. The molecule has 0 bridgehead atoms. The average Bonchev–Trinajstić information content (AvgIpc) is 3.39. The lowest BCUT2D eigenvalue weighted by Gasteiger charge is -2.16. The van der Waals surface area contributed by atoms with Gasteiger partial charge in [-0.05, 0) is 36.1 Å². The van der Waals surface area contributed by atoms with Gasteiger partial charge in [0.25, 0.3) is 5.92 Å². The fourth-order valence-corrected chi connectivity index (χ4v) is 2.36. The second-order valence-corrected chi connectivity index (χ2v) is 5.68. The molecule has 116 valence electrons. The lowest BCUT2D eigenvalue weighted by atomic mass is 10.0. The summed E-state index contributed by atoms with van der Waals surface area (Å²) in [6.45, 7) is 0.324. The molecule has 2 aromatic carbocycles. The van der Waals surface area contributed by atoms with Gasteiger partial charge in [0, 0.05) is 11.5 Å². The molecule has 1 N–H and O–H groups in total. The van der Waals surface area contributed by atoms with E-state index in [0.717, 1.165) is 11.1 Å². The summed E-state index contributed by atoms with van der Waals surface area (Å²) in [5.41, 5.74) is 1.76. The van der Waals surface area contributed by atoms with E-state index < -0.39 is 11.8 Å². The second kappa shape index (κ2) is 6.05. The average molecular weight is 304 g/mol. The molecule has 1 saturated carbocycles. The summed E-state index contributed by atoms with van der Waals surface area (Å²) in [5.74, 6) is -2.51. The monoisotopic (exact) mass is 304 g/mol. The molecule has 2 aromatic rings. The SMILES string of the molecule is OCc1ccc(OCc2ccc(C(F)(F)C3CC3)cc2)cc1. The number of alkyl halides is 2. The van der Waals surface area contributed by atoms with Crippen LogP contribution in [0.1, 0.15) is 29.5 Å². The third-order valence-corrected chi connectivity index (χ3v) is 3.94. The van der Waals surface area contributed by atoms with Gasteiger partial charge in [-0.25, -0.2) is 8.78 Å². The number of ether oxygens (including phenoxy) is 1. The van der Waals surface area contributed by atoms with Crippen LogP contribution in [-0.2, 0) is 19.1 Å². The van der Waals surface area contributed by atoms with Crippen molar-refractivity contribution in [1.82, 2.24) is 0 Å². The fourth-order valence-electron chi connectivity index (χ4n) is 2.36. The van der Waals surface area contributed by atoms with Gasteiger partial charge in [0.1, 0.15) is 12.4 Å². The van der Waals surface area contributed by atoms with Gasteiger partial charge in [0.05, 0.1) is 6.61 Å². The first kappa shape index (κ1) is 15.0. The molecule has 0 amide bonds. The molecular weight excluding hydrogens is 286 g/mol. The van der Waals surface area contributed by atoms with Gasteiger partial charge in [-0.1, -0.05) is 36.4 Å². The summed E-state index contributed by atoms with van der Waals surface area (Å²) < 4.78 is 33.5. The smallest absolute Gasteiger partial charge is 0.276 e. The first-order chi connectivity index (χ1) is 10.6. The molecule has 1 aliphatic carbocycles. The zero-order valence-corrected chi connectivity index (χ0v) is 12.1. The van der Waals surface area contributed by atoms with Crippen molar-refractivity contribution in [2.75, 3.05) is 0 Å². The van der Waals surface area contributed by atoms with Crippen LogP contribution in [0.25, 0.3) is 0 Å². The van der Waals surface area contributed by atoms with Crippen LogP contribution < -0.4 is 4.74 Å². The zero-order chi connectivity index (χ0) is 15.6. The van der Waals surface area contributed by atoms with Crippen molar-refractivity contribution < 1.29 is 18.6 Å². The molecule has 0 unspecified atom stereocenters. The summed E-state index contributed by atoms with van der Waals surface area (Å²) in [6.07, 6.45) is 1.23. The number of hydrogen-bond acceptors (Lipinski definition) is 2. The maximum absolute atomic E-state index is 13.9. The van der Waals surface area contributed by atoms with Crippen LogP contribution in [0.2, 0.25) is 0 Å². The van der Waals surface area contributed by atoms with Crippen LogP contribution >= 0.6 is 0 Å². The molecule has 3 rings (SSSR count). The largest absolute Gasteiger partial charge is 0.489 e. The molecular formula is C18H18F2O2. The van der Waals surface area contributed by atoms with Crippen molar-refractivity contribution in [1.29, 1.82) is 0 Å². The van der Waals surface area contributed by atoms with E-state index in [0.29, 0.717) is 25.2 Å². The van der Waals surface area contributed by atoms with Crippen LogP contribution in [0.5, 0.6) is 5.75 Å². The minimum absolute atomic E-state index is 0.00303. The predicted octanol–water partition coefficient (Wildman–Crippen LogP) is 4.26. The van der Waals surface area contributed by atoms with E-state index in [1.807, 2.05) is 0 Å². The molecule has 0 atom stereocenters. The lowest BCUT2D eigenvalue weighted by molar-refractivity contribution is -0.0285. The molecule has 2 nitrogen and oxygen atoms in total. The Morgan fingerprint density at radius 3 is 2.09 bits per heavy atom. The summed E-state index contributed by atoms with van der Waals surface area (Å²) in [6, 6.07) is 13.5. The summed E-state index contributed by atoms with van der Waals surface area (Å²) >= 11 is 0. The number of halogens is 2. The van der Waals surface area contributed by atoms with Crippen molar-refractivity contribution in [3.63, 3.8) is 0 Å². The van der Waals surface area contributed by atoms with E-state index in [2.05, 4.69) is 0 Å². The number of aliphatic hydroxyl groups is 1. The summed E-state index contributed by atoms with van der Waals surface area (Å²) in [4.78, 5) is 0. The molecule has 4 heteroatoms. The van der Waals surface area contributed by atoms with E-state index in [4.69, 9.17) is 9.84 Å². The highest BCUT2D eigenvalue weighted by Gasteiger charge is 2.47. The quantitative estimate of drug-likeness (QED) is 0.864. The minimum Gasteiger partial charge on any atom is -0.489 e. The van der Waals surface area contributed by atoms with E-state index in [1.165, 1.54) is 12.1 Å². The van der Waals surface area contributed by atoms with Crippen LogP contribution in [0.4, 0.5) is 8.78 Å². The first-order valence-electron chi connectivity index (χ1n) is 7.39. The third kappa shape index (κ3) is 3.28. The van der Waals surface area contributed by atoms with Crippen molar-refractivity contribution in [2.45, 2.75) is 32.0 Å². The highest BCUT2D eigenvalue weighted by molar-refractivity contribution is 5.29. The topological polar surface area (TPSA) is 29.5 Å². The van der Waals surface area contributed by atoms with Crippen molar-refractivity contribution >= 4 is 0 Å². The highest BCUT2D eigenvalue weighted by atomic mass is 19.3. The molecule has 0 aliphatic heterocycles. The van der Waals surface area contributed by atoms with Gasteiger partial charge in [0.2, 0.25) is 0 Å². The Morgan fingerprint density at radius 1 is 0.955 bits per heavy atom. The molecule has 0 heterocycles. The maximum Gasteiger partial charge on any atom is 0.276 e. The van der Waals surface area contributed by atoms with Gasteiger partial charge >= 0.3 is 0 Å². The molecule has 1 fully saturated rings. The van der Waals surface area contributed by atoms with Gasteiger partial charge in [-0.15, -0.1) is 0 Å². The second-order valence-electron chi connectivity index (χ2n) is 5.68. The molecule has 0 radical (unpaired) electrons. The van der Waals surface area contributed by atoms with Gasteiger partial charge in [-0.2, -0.15) is 0 Å². The Bertz CT molecular complexity index is 617. The highest BCUT2D eigenvalue weighted by Crippen LogP contribution is 2.49. The lowest BCUT2D eigenvalue weighted by Crippen LogP contribution is -2.15. The van der Waals surface area contributed by atoms with Crippen LogP contribution in [0.3, 0.4) is 0 Å². The number of hydrogen-bond donors (Lipinski definition) is 1. The number of rotatable bonds is 6. The van der Waals surface area contributed by atoms with Crippen molar-refractivity contribution in [2.24, 2.45) is 5.92 Å². The van der Waals surface area contributed by atoms with Gasteiger partial charge < -0.3 is 9.84 Å². The van der Waals surface area contributed by atoms with Gasteiger partial charge in [-0.3, -0.25) is 0 Å². The van der Waals surface area contributed by atoms with Crippen LogP contribution in [0.15, 0.2) is 48.5 Å². The van der Waals surface area contributed by atoms with E-state index in [-0.39, 0.29) is 12.2 Å².